The van der Waals surface area contributed by atoms with Crippen LogP contribution in [0.1, 0.15) is 20.3 Å². The molecular weight excluding hydrogens is 354 g/mol. The van der Waals surface area contributed by atoms with Gasteiger partial charge < -0.3 is 5.73 Å². The summed E-state index contributed by atoms with van der Waals surface area (Å²) in [5.74, 6) is 0. The molecule has 0 aliphatic carbocycles. The smallest absolute Gasteiger partial charge is 0.244 e. The average Bonchev–Trinajstić information content (AvgIpc) is 2.46. The highest BCUT2D eigenvalue weighted by Gasteiger charge is 2.30. The number of hydrogen-bond acceptors (Lipinski definition) is 4. The van der Waals surface area contributed by atoms with Crippen LogP contribution in [0.4, 0.5) is 5.69 Å². The van der Waals surface area contributed by atoms with E-state index in [1.54, 1.807) is 22.5 Å². The Morgan fingerprint density at radius 3 is 2.43 bits per heavy atom. The van der Waals surface area contributed by atoms with Gasteiger partial charge in [-0.25, -0.2) is 8.42 Å². The maximum atomic E-state index is 12.7. The molecule has 1 saturated heterocycles. The molecule has 1 heterocycles. The summed E-state index contributed by atoms with van der Waals surface area (Å²) < 4.78 is 27.5. The molecule has 21 heavy (non-hydrogen) atoms. The van der Waals surface area contributed by atoms with E-state index in [1.807, 2.05) is 0 Å². The molecule has 2 N–H and O–H groups in total. The molecule has 118 valence electrons. The fraction of sp³-hybridized carbons (Fsp3) is 0.571. The summed E-state index contributed by atoms with van der Waals surface area (Å²) in [5.41, 5.74) is 6.21. The summed E-state index contributed by atoms with van der Waals surface area (Å²) in [4.78, 5) is 2.62. The van der Waals surface area contributed by atoms with Crippen molar-refractivity contribution in [2.24, 2.45) is 0 Å². The first-order chi connectivity index (χ1) is 9.86. The second-order valence-corrected chi connectivity index (χ2v) is 8.15. The van der Waals surface area contributed by atoms with E-state index in [4.69, 9.17) is 5.73 Å². The number of sulfonamides is 1. The van der Waals surface area contributed by atoms with Gasteiger partial charge in [-0.2, -0.15) is 4.31 Å². The molecule has 7 heteroatoms. The van der Waals surface area contributed by atoms with E-state index in [0.717, 1.165) is 19.5 Å². The van der Waals surface area contributed by atoms with Gasteiger partial charge in [0.1, 0.15) is 0 Å². The zero-order valence-electron chi connectivity index (χ0n) is 12.4. The van der Waals surface area contributed by atoms with Gasteiger partial charge in [0.25, 0.3) is 0 Å². The second-order valence-electron chi connectivity index (χ2n) is 5.39. The van der Waals surface area contributed by atoms with Gasteiger partial charge in [0, 0.05) is 42.4 Å². The Labute approximate surface area is 135 Å². The SMILES string of the molecule is CCC(C)N1CCN(S(=O)(=O)c2ccc(N)cc2Br)CC1. The van der Waals surface area contributed by atoms with Gasteiger partial charge >= 0.3 is 0 Å². The summed E-state index contributed by atoms with van der Waals surface area (Å²) in [7, 11) is -3.46. The number of nitrogens with zero attached hydrogens (tertiary/aromatic N) is 2. The van der Waals surface area contributed by atoms with Crippen molar-refractivity contribution < 1.29 is 8.42 Å². The van der Waals surface area contributed by atoms with Crippen LogP contribution in [0, 0.1) is 0 Å². The van der Waals surface area contributed by atoms with Gasteiger partial charge in [-0.1, -0.05) is 6.92 Å². The van der Waals surface area contributed by atoms with Crippen molar-refractivity contribution in [3.05, 3.63) is 22.7 Å². The zero-order chi connectivity index (χ0) is 15.6. The average molecular weight is 376 g/mol. The number of nitrogens with two attached hydrogens (primary N) is 1. The lowest BCUT2D eigenvalue weighted by Crippen LogP contribution is -2.51. The first-order valence-electron chi connectivity index (χ1n) is 7.15. The third-order valence-electron chi connectivity index (χ3n) is 4.06. The summed E-state index contributed by atoms with van der Waals surface area (Å²) in [6.07, 6.45) is 1.08. The number of halogens is 1. The largest absolute Gasteiger partial charge is 0.399 e. The number of benzene rings is 1. The van der Waals surface area contributed by atoms with Crippen molar-refractivity contribution in [3.8, 4) is 0 Å². The summed E-state index contributed by atoms with van der Waals surface area (Å²) in [6, 6.07) is 5.31. The van der Waals surface area contributed by atoms with Crippen molar-refractivity contribution in [2.75, 3.05) is 31.9 Å². The predicted molar refractivity (Wildman–Crippen MR) is 88.6 cm³/mol. The highest BCUT2D eigenvalue weighted by atomic mass is 79.9. The van der Waals surface area contributed by atoms with Crippen LogP contribution >= 0.6 is 15.9 Å². The van der Waals surface area contributed by atoms with Gasteiger partial charge in [0.15, 0.2) is 0 Å². The van der Waals surface area contributed by atoms with E-state index < -0.39 is 10.0 Å². The lowest BCUT2D eigenvalue weighted by Gasteiger charge is -2.37. The normalized spacial score (nSPS) is 19.6. The van der Waals surface area contributed by atoms with Gasteiger partial charge in [-0.05, 0) is 47.5 Å². The molecule has 1 atom stereocenters. The molecule has 1 aliphatic heterocycles. The molecular formula is C14H22BrN3O2S. The lowest BCUT2D eigenvalue weighted by molar-refractivity contribution is 0.142. The second kappa shape index (κ2) is 6.64. The van der Waals surface area contributed by atoms with Crippen molar-refractivity contribution in [2.45, 2.75) is 31.2 Å². The Morgan fingerprint density at radius 2 is 1.90 bits per heavy atom. The highest BCUT2D eigenvalue weighted by Crippen LogP contribution is 2.27. The minimum Gasteiger partial charge on any atom is -0.399 e. The van der Waals surface area contributed by atoms with Gasteiger partial charge in [-0.15, -0.1) is 0 Å². The number of hydrogen-bond donors (Lipinski definition) is 1. The van der Waals surface area contributed by atoms with Crippen LogP contribution in [-0.4, -0.2) is 49.8 Å². The fourth-order valence-corrected chi connectivity index (χ4v) is 4.99. The van der Waals surface area contributed by atoms with Gasteiger partial charge in [-0.3, -0.25) is 4.90 Å². The molecule has 0 spiro atoms. The quantitative estimate of drug-likeness (QED) is 0.818. The zero-order valence-corrected chi connectivity index (χ0v) is 14.8. The van der Waals surface area contributed by atoms with Crippen LogP contribution in [0.15, 0.2) is 27.6 Å². The Kier molecular flexibility index (Phi) is 5.29. The van der Waals surface area contributed by atoms with Gasteiger partial charge in [0.2, 0.25) is 10.0 Å². The number of anilines is 1. The summed E-state index contributed by atoms with van der Waals surface area (Å²) in [6.45, 7) is 6.95. The molecule has 0 bridgehead atoms. The minimum atomic E-state index is -3.46. The number of nitrogen functional groups attached to an aromatic ring is 1. The Morgan fingerprint density at radius 1 is 1.29 bits per heavy atom. The van der Waals surface area contributed by atoms with Gasteiger partial charge in [0.05, 0.1) is 4.90 Å². The monoisotopic (exact) mass is 375 g/mol. The molecule has 1 fully saturated rings. The summed E-state index contributed by atoms with van der Waals surface area (Å²) in [5, 5.41) is 0. The van der Waals surface area contributed by atoms with E-state index in [0.29, 0.717) is 29.3 Å². The molecule has 1 aromatic carbocycles. The molecule has 5 nitrogen and oxygen atoms in total. The number of piperazine rings is 1. The van der Waals surface area contributed by atoms with E-state index >= 15 is 0 Å². The molecule has 0 amide bonds. The van der Waals surface area contributed by atoms with Crippen LogP contribution in [0.5, 0.6) is 0 Å². The molecule has 1 unspecified atom stereocenters. The van der Waals surface area contributed by atoms with Crippen LogP contribution in [-0.2, 0) is 10.0 Å². The maximum Gasteiger partial charge on any atom is 0.244 e. The van der Waals surface area contributed by atoms with Crippen LogP contribution in [0.25, 0.3) is 0 Å². The van der Waals surface area contributed by atoms with E-state index in [-0.39, 0.29) is 4.90 Å². The molecule has 2 rings (SSSR count). The molecule has 1 aliphatic rings. The van der Waals surface area contributed by atoms with Crippen LogP contribution in [0.2, 0.25) is 0 Å². The minimum absolute atomic E-state index is 0.286. The Balaban J connectivity index is 2.15. The van der Waals surface area contributed by atoms with E-state index in [1.165, 1.54) is 0 Å². The Hall–Kier alpha value is -0.630. The molecule has 0 aromatic heterocycles. The third kappa shape index (κ3) is 3.59. The third-order valence-corrected chi connectivity index (χ3v) is 6.94. The van der Waals surface area contributed by atoms with Crippen LogP contribution < -0.4 is 5.73 Å². The fourth-order valence-electron chi connectivity index (χ4n) is 2.51. The van der Waals surface area contributed by atoms with Crippen molar-refractivity contribution in [1.29, 1.82) is 0 Å². The van der Waals surface area contributed by atoms with Crippen molar-refractivity contribution in [3.63, 3.8) is 0 Å². The van der Waals surface area contributed by atoms with Crippen molar-refractivity contribution >= 4 is 31.6 Å². The Bertz CT molecular complexity index is 598. The molecule has 1 aromatic rings. The van der Waals surface area contributed by atoms with Crippen molar-refractivity contribution in [1.82, 2.24) is 9.21 Å². The first-order valence-corrected chi connectivity index (χ1v) is 9.38. The molecule has 0 radical (unpaired) electrons. The van der Waals surface area contributed by atoms with Crippen LogP contribution in [0.3, 0.4) is 0 Å². The molecule has 0 saturated carbocycles. The standard InChI is InChI=1S/C14H22BrN3O2S/c1-3-11(2)17-6-8-18(9-7-17)21(19,20)14-5-4-12(16)10-13(14)15/h4-5,10-11H,3,6-9,16H2,1-2H3. The summed E-state index contributed by atoms with van der Waals surface area (Å²) >= 11 is 3.30. The lowest BCUT2D eigenvalue weighted by atomic mass is 10.2. The predicted octanol–water partition coefficient (Wildman–Crippen LogP) is 2.14. The highest BCUT2D eigenvalue weighted by molar-refractivity contribution is 9.10. The first kappa shape index (κ1) is 16.7. The van der Waals surface area contributed by atoms with E-state index in [9.17, 15) is 8.42 Å². The number of rotatable bonds is 4. The van der Waals surface area contributed by atoms with E-state index in [2.05, 4.69) is 34.7 Å². The topological polar surface area (TPSA) is 66.6 Å². The maximum absolute atomic E-state index is 12.7.